The zero-order valence-corrected chi connectivity index (χ0v) is 12.7. The molecule has 0 fully saturated rings. The zero-order chi connectivity index (χ0) is 14.6. The molecule has 0 radical (unpaired) electrons. The first-order valence-corrected chi connectivity index (χ1v) is 6.93. The van der Waals surface area contributed by atoms with Crippen molar-refractivity contribution in [2.75, 3.05) is 13.1 Å². The first-order chi connectivity index (χ1) is 8.90. The number of carboxylic acid groups (broad SMARTS) is 1. The molecule has 1 unspecified atom stereocenters. The second-order valence-corrected chi connectivity index (χ2v) is 5.13. The number of aliphatic carboxylic acids is 1. The molecule has 0 saturated heterocycles. The van der Waals surface area contributed by atoms with E-state index in [4.69, 9.17) is 16.7 Å². The molecule has 1 rings (SSSR count). The van der Waals surface area contributed by atoms with Crippen LogP contribution in [0, 0.1) is 5.92 Å². The molecule has 0 amide bonds. The molecule has 1 atom stereocenters. The van der Waals surface area contributed by atoms with Gasteiger partial charge in [0.15, 0.2) is 0 Å². The van der Waals surface area contributed by atoms with Crippen LogP contribution in [0.25, 0.3) is 0 Å². The Morgan fingerprint density at radius 3 is 2.58 bits per heavy atom. The molecule has 5 nitrogen and oxygen atoms in total. The Kier molecular flexibility index (Phi) is 5.82. The average Bonchev–Trinajstić information content (AvgIpc) is 2.64. The molecule has 1 N–H and O–H groups in total. The number of carboxylic acids is 1. The molecular formula is C13H22ClN3O2. The maximum absolute atomic E-state index is 10.9. The summed E-state index contributed by atoms with van der Waals surface area (Å²) < 4.78 is 1.79. The van der Waals surface area contributed by atoms with Gasteiger partial charge in [0.25, 0.3) is 0 Å². The van der Waals surface area contributed by atoms with Gasteiger partial charge in [-0.3, -0.25) is 14.4 Å². The van der Waals surface area contributed by atoms with E-state index in [1.807, 2.05) is 20.9 Å². The minimum Gasteiger partial charge on any atom is -0.481 e. The summed E-state index contributed by atoms with van der Waals surface area (Å²) in [5, 5.41) is 14.0. The summed E-state index contributed by atoms with van der Waals surface area (Å²) in [6.07, 6.45) is 0.796. The van der Waals surface area contributed by atoms with E-state index in [2.05, 4.69) is 10.00 Å². The van der Waals surface area contributed by atoms with Crippen LogP contribution in [0.4, 0.5) is 0 Å². The van der Waals surface area contributed by atoms with E-state index in [1.165, 1.54) is 0 Å². The van der Waals surface area contributed by atoms with E-state index in [0.717, 1.165) is 24.4 Å². The lowest BCUT2D eigenvalue weighted by molar-refractivity contribution is -0.141. The predicted molar refractivity (Wildman–Crippen MR) is 75.3 cm³/mol. The largest absolute Gasteiger partial charge is 0.481 e. The van der Waals surface area contributed by atoms with Crippen LogP contribution < -0.4 is 0 Å². The standard InChI is InChI=1S/C13H22ClN3O2/c1-5-10-12(14)11(16(4)15-10)8-17(6-2)7-9(3)13(18)19/h9H,5-8H2,1-4H3,(H,18,19). The van der Waals surface area contributed by atoms with E-state index < -0.39 is 11.9 Å². The maximum atomic E-state index is 10.9. The number of halogens is 1. The van der Waals surface area contributed by atoms with Crippen molar-refractivity contribution in [3.63, 3.8) is 0 Å². The third-order valence-corrected chi connectivity index (χ3v) is 3.71. The molecule has 108 valence electrons. The average molecular weight is 288 g/mol. The second kappa shape index (κ2) is 6.91. The minimum atomic E-state index is -0.774. The Hall–Kier alpha value is -1.07. The maximum Gasteiger partial charge on any atom is 0.307 e. The third kappa shape index (κ3) is 3.94. The van der Waals surface area contributed by atoms with Crippen molar-refractivity contribution in [1.29, 1.82) is 0 Å². The van der Waals surface area contributed by atoms with Gasteiger partial charge in [0.2, 0.25) is 0 Å². The molecule has 0 bridgehead atoms. The van der Waals surface area contributed by atoms with Crippen LogP contribution in [0.5, 0.6) is 0 Å². The van der Waals surface area contributed by atoms with Gasteiger partial charge in [-0.2, -0.15) is 5.10 Å². The lowest BCUT2D eigenvalue weighted by Gasteiger charge is -2.22. The predicted octanol–water partition coefficient (Wildman–Crippen LogP) is 2.18. The molecule has 0 saturated carbocycles. The molecule has 0 aliphatic heterocycles. The summed E-state index contributed by atoms with van der Waals surface area (Å²) in [4.78, 5) is 13.0. The summed E-state index contributed by atoms with van der Waals surface area (Å²) in [7, 11) is 1.87. The summed E-state index contributed by atoms with van der Waals surface area (Å²) >= 11 is 6.30. The molecule has 0 aromatic carbocycles. The van der Waals surface area contributed by atoms with Crippen LogP contribution in [0.2, 0.25) is 5.02 Å². The molecule has 1 heterocycles. The highest BCUT2D eigenvalue weighted by molar-refractivity contribution is 6.31. The van der Waals surface area contributed by atoms with Crippen molar-refractivity contribution in [3.05, 3.63) is 16.4 Å². The molecule has 0 aliphatic rings. The van der Waals surface area contributed by atoms with Crippen molar-refractivity contribution in [2.24, 2.45) is 13.0 Å². The number of nitrogens with zero attached hydrogens (tertiary/aromatic N) is 3. The number of hydrogen-bond acceptors (Lipinski definition) is 3. The van der Waals surface area contributed by atoms with Gasteiger partial charge < -0.3 is 5.11 Å². The van der Waals surface area contributed by atoms with Crippen LogP contribution in [0.1, 0.15) is 32.2 Å². The fourth-order valence-corrected chi connectivity index (χ4v) is 2.33. The topological polar surface area (TPSA) is 58.4 Å². The van der Waals surface area contributed by atoms with Gasteiger partial charge in [-0.15, -0.1) is 0 Å². The molecule has 1 aromatic rings. The lowest BCUT2D eigenvalue weighted by Crippen LogP contribution is -2.32. The van der Waals surface area contributed by atoms with E-state index in [-0.39, 0.29) is 0 Å². The summed E-state index contributed by atoms with van der Waals surface area (Å²) in [6.45, 7) is 7.65. The lowest BCUT2D eigenvalue weighted by atomic mass is 10.1. The summed E-state index contributed by atoms with van der Waals surface area (Å²) in [6, 6.07) is 0. The number of aryl methyl sites for hydroxylation is 2. The van der Waals surface area contributed by atoms with E-state index in [0.29, 0.717) is 18.1 Å². The van der Waals surface area contributed by atoms with Crippen LogP contribution >= 0.6 is 11.6 Å². The quantitative estimate of drug-likeness (QED) is 0.835. The Balaban J connectivity index is 2.81. The number of hydrogen-bond donors (Lipinski definition) is 1. The number of aromatic nitrogens is 2. The van der Waals surface area contributed by atoms with E-state index in [1.54, 1.807) is 11.6 Å². The Bertz CT molecular complexity index is 445. The Morgan fingerprint density at radius 2 is 2.16 bits per heavy atom. The second-order valence-electron chi connectivity index (χ2n) is 4.75. The molecule has 0 spiro atoms. The van der Waals surface area contributed by atoms with Gasteiger partial charge in [-0.05, 0) is 13.0 Å². The summed E-state index contributed by atoms with van der Waals surface area (Å²) in [5.41, 5.74) is 1.83. The normalized spacial score (nSPS) is 12.9. The molecule has 0 aliphatic carbocycles. The van der Waals surface area contributed by atoms with Gasteiger partial charge in [-0.1, -0.05) is 32.4 Å². The van der Waals surface area contributed by atoms with Crippen molar-refractivity contribution >= 4 is 17.6 Å². The first-order valence-electron chi connectivity index (χ1n) is 6.56. The Labute approximate surface area is 119 Å². The highest BCUT2D eigenvalue weighted by Gasteiger charge is 2.19. The Morgan fingerprint density at radius 1 is 1.53 bits per heavy atom. The van der Waals surface area contributed by atoms with Crippen LogP contribution in [0.15, 0.2) is 0 Å². The summed E-state index contributed by atoms with van der Waals surface area (Å²) in [5.74, 6) is -1.17. The zero-order valence-electron chi connectivity index (χ0n) is 12.0. The molecule has 6 heteroatoms. The van der Waals surface area contributed by atoms with Crippen molar-refractivity contribution in [2.45, 2.75) is 33.7 Å². The van der Waals surface area contributed by atoms with Crippen LogP contribution in [0.3, 0.4) is 0 Å². The smallest absolute Gasteiger partial charge is 0.307 e. The van der Waals surface area contributed by atoms with Gasteiger partial charge in [-0.25, -0.2) is 0 Å². The van der Waals surface area contributed by atoms with Gasteiger partial charge in [0.05, 0.1) is 22.3 Å². The van der Waals surface area contributed by atoms with Gasteiger partial charge >= 0.3 is 5.97 Å². The van der Waals surface area contributed by atoms with Crippen molar-refractivity contribution in [3.8, 4) is 0 Å². The van der Waals surface area contributed by atoms with Gasteiger partial charge in [0.1, 0.15) is 0 Å². The first kappa shape index (κ1) is 16.0. The minimum absolute atomic E-state index is 0.391. The molecule has 1 aromatic heterocycles. The van der Waals surface area contributed by atoms with E-state index >= 15 is 0 Å². The third-order valence-electron chi connectivity index (χ3n) is 3.28. The molecule has 19 heavy (non-hydrogen) atoms. The fraction of sp³-hybridized carbons (Fsp3) is 0.692. The van der Waals surface area contributed by atoms with Crippen LogP contribution in [-0.4, -0.2) is 38.8 Å². The fourth-order valence-electron chi connectivity index (χ4n) is 1.97. The molecular weight excluding hydrogens is 266 g/mol. The monoisotopic (exact) mass is 287 g/mol. The number of rotatable bonds is 7. The SMILES string of the molecule is CCc1nn(C)c(CN(CC)CC(C)C(=O)O)c1Cl. The van der Waals surface area contributed by atoms with Gasteiger partial charge in [0, 0.05) is 20.1 Å². The van der Waals surface area contributed by atoms with E-state index in [9.17, 15) is 4.79 Å². The van der Waals surface area contributed by atoms with Crippen LogP contribution in [-0.2, 0) is 24.8 Å². The highest BCUT2D eigenvalue weighted by atomic mass is 35.5. The van der Waals surface area contributed by atoms with Crippen molar-refractivity contribution < 1.29 is 9.90 Å². The van der Waals surface area contributed by atoms with Crippen molar-refractivity contribution in [1.82, 2.24) is 14.7 Å². The highest BCUT2D eigenvalue weighted by Crippen LogP contribution is 2.22. The number of carbonyl (C=O) groups is 1.